The molecule has 2 rings (SSSR count). The van der Waals surface area contributed by atoms with Crippen molar-refractivity contribution in [3.05, 3.63) is 34.3 Å². The maximum atomic E-state index is 3.83. The zero-order chi connectivity index (χ0) is 13.1. The summed E-state index contributed by atoms with van der Waals surface area (Å²) >= 11 is 3.65. The lowest BCUT2D eigenvalue weighted by Crippen LogP contribution is -2.41. The third-order valence-corrected chi connectivity index (χ3v) is 5.26. The van der Waals surface area contributed by atoms with Crippen LogP contribution < -0.4 is 5.32 Å². The Balaban J connectivity index is 2.03. The lowest BCUT2D eigenvalue weighted by Gasteiger charge is -2.36. The number of nitrogens with one attached hydrogen (secondary N) is 1. The molecule has 0 aromatic heterocycles. The molecule has 100 valence electrons. The predicted octanol–water partition coefficient (Wildman–Crippen LogP) is 4.92. The van der Waals surface area contributed by atoms with Crippen LogP contribution in [0.2, 0.25) is 0 Å². The molecule has 0 aliphatic heterocycles. The smallest absolute Gasteiger partial charge is 0.0305 e. The molecule has 1 aromatic rings. The predicted molar refractivity (Wildman–Crippen MR) is 81.7 cm³/mol. The lowest BCUT2D eigenvalue weighted by molar-refractivity contribution is 0.196. The second-order valence-electron chi connectivity index (χ2n) is 5.78. The van der Waals surface area contributed by atoms with E-state index < -0.39 is 0 Å². The van der Waals surface area contributed by atoms with Crippen molar-refractivity contribution in [1.29, 1.82) is 0 Å². The zero-order valence-electron chi connectivity index (χ0n) is 11.6. The highest BCUT2D eigenvalue weighted by atomic mass is 79.9. The van der Waals surface area contributed by atoms with Crippen LogP contribution in [0.3, 0.4) is 0 Å². The van der Waals surface area contributed by atoms with Crippen molar-refractivity contribution in [2.75, 3.05) is 0 Å². The van der Waals surface area contributed by atoms with Crippen molar-refractivity contribution in [2.45, 2.75) is 52.1 Å². The molecule has 1 aliphatic carbocycles. The molecule has 4 atom stereocenters. The first kappa shape index (κ1) is 14.1. The van der Waals surface area contributed by atoms with E-state index in [2.05, 4.69) is 66.3 Å². The summed E-state index contributed by atoms with van der Waals surface area (Å²) in [6, 6.07) is 9.60. The van der Waals surface area contributed by atoms with Gasteiger partial charge >= 0.3 is 0 Å². The van der Waals surface area contributed by atoms with Gasteiger partial charge in [-0.1, -0.05) is 60.8 Å². The van der Waals surface area contributed by atoms with Crippen LogP contribution in [-0.4, -0.2) is 6.04 Å². The van der Waals surface area contributed by atoms with Crippen LogP contribution in [0.4, 0.5) is 0 Å². The minimum absolute atomic E-state index is 0.415. The summed E-state index contributed by atoms with van der Waals surface area (Å²) in [6.45, 7) is 7.06. The van der Waals surface area contributed by atoms with E-state index >= 15 is 0 Å². The Morgan fingerprint density at radius 3 is 2.67 bits per heavy atom. The SMILES string of the molecule is CC1CCCC(N[C@H](C)c2ccccc2Br)C1C. The maximum absolute atomic E-state index is 3.83. The van der Waals surface area contributed by atoms with E-state index in [1.165, 1.54) is 29.3 Å². The van der Waals surface area contributed by atoms with E-state index in [4.69, 9.17) is 0 Å². The van der Waals surface area contributed by atoms with Gasteiger partial charge in [0.2, 0.25) is 0 Å². The van der Waals surface area contributed by atoms with Gasteiger partial charge in [0.25, 0.3) is 0 Å². The number of hydrogen-bond donors (Lipinski definition) is 1. The molecule has 1 aliphatic rings. The maximum Gasteiger partial charge on any atom is 0.0305 e. The summed E-state index contributed by atoms with van der Waals surface area (Å²) in [4.78, 5) is 0. The molecule has 0 heterocycles. The Labute approximate surface area is 119 Å². The summed E-state index contributed by atoms with van der Waals surface area (Å²) < 4.78 is 1.21. The monoisotopic (exact) mass is 309 g/mol. The number of benzene rings is 1. The third kappa shape index (κ3) is 3.16. The van der Waals surface area contributed by atoms with Crippen molar-refractivity contribution in [3.8, 4) is 0 Å². The van der Waals surface area contributed by atoms with Crippen LogP contribution in [0.25, 0.3) is 0 Å². The van der Waals surface area contributed by atoms with E-state index in [-0.39, 0.29) is 0 Å². The van der Waals surface area contributed by atoms with Crippen LogP contribution in [0, 0.1) is 11.8 Å². The van der Waals surface area contributed by atoms with Crippen molar-refractivity contribution in [1.82, 2.24) is 5.32 Å². The Bertz CT molecular complexity index is 390. The molecule has 1 aromatic carbocycles. The highest BCUT2D eigenvalue weighted by Gasteiger charge is 2.28. The zero-order valence-corrected chi connectivity index (χ0v) is 13.2. The molecular weight excluding hydrogens is 286 g/mol. The second kappa shape index (κ2) is 6.21. The van der Waals surface area contributed by atoms with Crippen LogP contribution in [0.5, 0.6) is 0 Å². The molecule has 0 spiro atoms. The van der Waals surface area contributed by atoms with Crippen LogP contribution in [0.1, 0.15) is 51.6 Å². The van der Waals surface area contributed by atoms with Crippen molar-refractivity contribution in [3.63, 3.8) is 0 Å². The molecule has 1 saturated carbocycles. The summed E-state index contributed by atoms with van der Waals surface area (Å²) in [5, 5.41) is 3.83. The average Bonchev–Trinajstić information content (AvgIpc) is 2.35. The van der Waals surface area contributed by atoms with Gasteiger partial charge in [0.05, 0.1) is 0 Å². The fourth-order valence-corrected chi connectivity index (χ4v) is 3.68. The third-order valence-electron chi connectivity index (χ3n) is 4.54. The van der Waals surface area contributed by atoms with E-state index in [9.17, 15) is 0 Å². The molecule has 0 saturated heterocycles. The Morgan fingerprint density at radius 2 is 1.94 bits per heavy atom. The molecule has 0 amide bonds. The van der Waals surface area contributed by atoms with Crippen molar-refractivity contribution >= 4 is 15.9 Å². The summed E-state index contributed by atoms with van der Waals surface area (Å²) in [5.41, 5.74) is 1.36. The first-order chi connectivity index (χ1) is 8.59. The van der Waals surface area contributed by atoms with Crippen molar-refractivity contribution < 1.29 is 0 Å². The number of rotatable bonds is 3. The molecule has 2 heteroatoms. The highest BCUT2D eigenvalue weighted by Crippen LogP contribution is 2.32. The highest BCUT2D eigenvalue weighted by molar-refractivity contribution is 9.10. The van der Waals surface area contributed by atoms with Gasteiger partial charge in [-0.15, -0.1) is 0 Å². The van der Waals surface area contributed by atoms with Gasteiger partial charge < -0.3 is 5.32 Å². The van der Waals surface area contributed by atoms with Gasteiger partial charge in [-0.25, -0.2) is 0 Å². The van der Waals surface area contributed by atoms with E-state index in [0.717, 1.165) is 11.8 Å². The molecule has 1 fully saturated rings. The number of hydrogen-bond acceptors (Lipinski definition) is 1. The Morgan fingerprint density at radius 1 is 1.22 bits per heavy atom. The lowest BCUT2D eigenvalue weighted by atomic mass is 9.77. The fourth-order valence-electron chi connectivity index (χ4n) is 3.05. The van der Waals surface area contributed by atoms with E-state index in [1.807, 2.05) is 0 Å². The molecule has 1 nitrogen and oxygen atoms in total. The standard InChI is InChI=1S/C16H24BrN/c1-11-7-6-10-16(12(11)2)18-13(3)14-8-4-5-9-15(14)17/h4-5,8-9,11-13,16,18H,6-7,10H2,1-3H3/t11?,12?,13-,16?/m1/s1. The van der Waals surface area contributed by atoms with Gasteiger partial charge in [-0.2, -0.15) is 0 Å². The minimum Gasteiger partial charge on any atom is -0.307 e. The Hall–Kier alpha value is -0.340. The van der Waals surface area contributed by atoms with Gasteiger partial charge in [0, 0.05) is 16.6 Å². The molecule has 0 radical (unpaired) electrons. The first-order valence-corrected chi connectivity index (χ1v) is 7.89. The second-order valence-corrected chi connectivity index (χ2v) is 6.64. The van der Waals surface area contributed by atoms with Crippen LogP contribution >= 0.6 is 15.9 Å². The minimum atomic E-state index is 0.415. The fraction of sp³-hybridized carbons (Fsp3) is 0.625. The van der Waals surface area contributed by atoms with Gasteiger partial charge in [-0.05, 0) is 36.8 Å². The molecule has 1 N–H and O–H groups in total. The van der Waals surface area contributed by atoms with Crippen LogP contribution in [0.15, 0.2) is 28.7 Å². The topological polar surface area (TPSA) is 12.0 Å². The van der Waals surface area contributed by atoms with Crippen LogP contribution in [-0.2, 0) is 0 Å². The first-order valence-electron chi connectivity index (χ1n) is 7.10. The largest absolute Gasteiger partial charge is 0.307 e. The molecule has 3 unspecified atom stereocenters. The van der Waals surface area contributed by atoms with Crippen molar-refractivity contribution in [2.24, 2.45) is 11.8 Å². The number of halogens is 1. The molecule has 0 bridgehead atoms. The summed E-state index contributed by atoms with van der Waals surface area (Å²) in [6.07, 6.45) is 4.08. The summed E-state index contributed by atoms with van der Waals surface area (Å²) in [5.74, 6) is 1.63. The van der Waals surface area contributed by atoms with Gasteiger partial charge in [0.1, 0.15) is 0 Å². The molecular formula is C16H24BrN. The van der Waals surface area contributed by atoms with Gasteiger partial charge in [0.15, 0.2) is 0 Å². The van der Waals surface area contributed by atoms with Gasteiger partial charge in [-0.3, -0.25) is 0 Å². The Kier molecular flexibility index (Phi) is 4.85. The van der Waals surface area contributed by atoms with E-state index in [1.54, 1.807) is 0 Å². The quantitative estimate of drug-likeness (QED) is 0.835. The normalized spacial score (nSPS) is 30.1. The molecule has 18 heavy (non-hydrogen) atoms. The summed E-state index contributed by atoms with van der Waals surface area (Å²) in [7, 11) is 0. The van der Waals surface area contributed by atoms with E-state index in [0.29, 0.717) is 12.1 Å². The average molecular weight is 310 g/mol.